The van der Waals surface area contributed by atoms with Crippen molar-refractivity contribution >= 4 is 21.9 Å². The Bertz CT molecular complexity index is 178. The molecule has 0 aromatic carbocycles. The van der Waals surface area contributed by atoms with Crippen LogP contribution < -0.4 is 0 Å². The largest absolute Gasteiger partial charge is 0.285 e. The van der Waals surface area contributed by atoms with E-state index in [0.29, 0.717) is 0 Å². The quantitative estimate of drug-likeness (QED) is 0.579. The lowest BCUT2D eigenvalue weighted by Crippen LogP contribution is -2.12. The van der Waals surface area contributed by atoms with Gasteiger partial charge in [0.1, 0.15) is 4.58 Å². The summed E-state index contributed by atoms with van der Waals surface area (Å²) in [5.41, 5.74) is 0. The lowest BCUT2D eigenvalue weighted by Gasteiger charge is -2.00. The van der Waals surface area contributed by atoms with Crippen molar-refractivity contribution in [1.29, 1.82) is 0 Å². The smallest absolute Gasteiger partial charge is 0.277 e. The third-order valence-corrected chi connectivity index (χ3v) is 3.96. The van der Waals surface area contributed by atoms with Crippen molar-refractivity contribution in [1.82, 2.24) is 0 Å². The summed E-state index contributed by atoms with van der Waals surface area (Å²) in [5, 5.41) is 0. The van der Waals surface area contributed by atoms with Crippen molar-refractivity contribution < 1.29 is 13.0 Å². The lowest BCUT2D eigenvalue weighted by molar-refractivity contribution is 0.483. The third-order valence-electron chi connectivity index (χ3n) is 1.05. The molecule has 5 heteroatoms. The SMILES string of the molecule is O=S(=O)(O)C1[CH]CCS1. The van der Waals surface area contributed by atoms with Crippen molar-refractivity contribution in [2.75, 3.05) is 5.75 Å². The molecular formula is C4H7O3S2. The van der Waals surface area contributed by atoms with Gasteiger partial charge in [0.25, 0.3) is 10.1 Å². The molecule has 1 radical (unpaired) electrons. The van der Waals surface area contributed by atoms with Crippen LogP contribution in [0.2, 0.25) is 0 Å². The first-order valence-electron chi connectivity index (χ1n) is 2.52. The van der Waals surface area contributed by atoms with E-state index < -0.39 is 14.7 Å². The van der Waals surface area contributed by atoms with E-state index in [1.165, 1.54) is 11.8 Å². The minimum Gasteiger partial charge on any atom is -0.285 e. The number of hydrogen-bond acceptors (Lipinski definition) is 3. The van der Waals surface area contributed by atoms with Crippen LogP contribution in [0.15, 0.2) is 0 Å². The molecule has 1 N–H and O–H groups in total. The van der Waals surface area contributed by atoms with E-state index in [-0.39, 0.29) is 0 Å². The van der Waals surface area contributed by atoms with E-state index in [1.807, 2.05) is 0 Å². The standard InChI is InChI=1S/C4H7O3S2/c5-9(6,7)4-2-1-3-8-4/h2,4H,1,3H2,(H,5,6,7). The number of rotatable bonds is 1. The first kappa shape index (κ1) is 7.37. The van der Waals surface area contributed by atoms with Gasteiger partial charge in [0, 0.05) is 0 Å². The van der Waals surface area contributed by atoms with E-state index in [1.54, 1.807) is 6.42 Å². The second-order valence-electron chi connectivity index (χ2n) is 1.78. The van der Waals surface area contributed by atoms with Crippen LogP contribution in [0.25, 0.3) is 0 Å². The van der Waals surface area contributed by atoms with E-state index in [2.05, 4.69) is 0 Å². The van der Waals surface area contributed by atoms with Gasteiger partial charge in [-0.15, -0.1) is 11.8 Å². The average molecular weight is 167 g/mol. The molecule has 0 spiro atoms. The molecule has 3 nitrogen and oxygen atoms in total. The molecule has 1 aliphatic heterocycles. The monoisotopic (exact) mass is 167 g/mol. The molecular weight excluding hydrogens is 160 g/mol. The van der Waals surface area contributed by atoms with Gasteiger partial charge >= 0.3 is 0 Å². The van der Waals surface area contributed by atoms with Gasteiger partial charge in [0.05, 0.1) is 0 Å². The van der Waals surface area contributed by atoms with E-state index in [0.717, 1.165) is 12.2 Å². The lowest BCUT2D eigenvalue weighted by atomic mass is 10.4. The van der Waals surface area contributed by atoms with Crippen molar-refractivity contribution in [2.45, 2.75) is 11.0 Å². The highest BCUT2D eigenvalue weighted by molar-refractivity contribution is 8.12. The van der Waals surface area contributed by atoms with Crippen molar-refractivity contribution in [2.24, 2.45) is 0 Å². The summed E-state index contributed by atoms with van der Waals surface area (Å²) < 4.78 is 28.4. The summed E-state index contributed by atoms with van der Waals surface area (Å²) in [6.45, 7) is 0. The van der Waals surface area contributed by atoms with Crippen LogP contribution in [0.4, 0.5) is 0 Å². The molecule has 53 valence electrons. The zero-order valence-corrected chi connectivity index (χ0v) is 6.28. The van der Waals surface area contributed by atoms with Crippen molar-refractivity contribution in [3.8, 4) is 0 Å². The third kappa shape index (κ3) is 1.84. The minimum atomic E-state index is -3.80. The molecule has 0 aromatic rings. The van der Waals surface area contributed by atoms with E-state index in [9.17, 15) is 8.42 Å². The molecule has 9 heavy (non-hydrogen) atoms. The number of hydrogen-bond donors (Lipinski definition) is 1. The Morgan fingerprint density at radius 2 is 2.33 bits per heavy atom. The van der Waals surface area contributed by atoms with Crippen LogP contribution in [0, 0.1) is 6.42 Å². The first-order valence-corrected chi connectivity index (χ1v) is 5.07. The van der Waals surface area contributed by atoms with Gasteiger partial charge in [0.15, 0.2) is 0 Å². The maximum absolute atomic E-state index is 10.3. The molecule has 0 bridgehead atoms. The predicted octanol–water partition coefficient (Wildman–Crippen LogP) is 0.541. The van der Waals surface area contributed by atoms with Crippen LogP contribution >= 0.6 is 11.8 Å². The molecule has 1 aliphatic rings. The summed E-state index contributed by atoms with van der Waals surface area (Å²) in [6.07, 6.45) is 2.38. The Morgan fingerprint density at radius 1 is 1.67 bits per heavy atom. The highest BCUT2D eigenvalue weighted by Crippen LogP contribution is 2.28. The Kier molecular flexibility index (Phi) is 2.03. The fraction of sp³-hybridized carbons (Fsp3) is 0.750. The molecule has 0 aliphatic carbocycles. The summed E-state index contributed by atoms with van der Waals surface area (Å²) in [5.74, 6) is 0.796. The molecule has 1 saturated heterocycles. The zero-order valence-electron chi connectivity index (χ0n) is 4.65. The van der Waals surface area contributed by atoms with Crippen LogP contribution in [0.1, 0.15) is 6.42 Å². The van der Waals surface area contributed by atoms with Gasteiger partial charge in [-0.1, -0.05) is 0 Å². The fourth-order valence-corrected chi connectivity index (χ4v) is 2.80. The van der Waals surface area contributed by atoms with Crippen molar-refractivity contribution in [3.63, 3.8) is 0 Å². The van der Waals surface area contributed by atoms with E-state index >= 15 is 0 Å². The zero-order chi connectivity index (χ0) is 6.91. The van der Waals surface area contributed by atoms with Crippen LogP contribution in [-0.4, -0.2) is 23.3 Å². The minimum absolute atomic E-state index is 0.669. The second kappa shape index (κ2) is 2.48. The summed E-state index contributed by atoms with van der Waals surface area (Å²) >= 11 is 1.26. The summed E-state index contributed by atoms with van der Waals surface area (Å²) in [7, 11) is -3.80. The Labute approximate surface area is 58.6 Å². The highest BCUT2D eigenvalue weighted by Gasteiger charge is 2.27. The average Bonchev–Trinajstić information content (AvgIpc) is 2.08. The maximum atomic E-state index is 10.3. The topological polar surface area (TPSA) is 54.4 Å². The van der Waals surface area contributed by atoms with Gasteiger partial charge in [-0.05, 0) is 18.6 Å². The van der Waals surface area contributed by atoms with Crippen molar-refractivity contribution in [3.05, 3.63) is 6.42 Å². The fourth-order valence-electron chi connectivity index (χ4n) is 0.664. The maximum Gasteiger partial charge on any atom is 0.277 e. The Balaban J connectivity index is 2.63. The summed E-state index contributed by atoms with van der Waals surface area (Å²) in [6, 6.07) is 0. The van der Waals surface area contributed by atoms with Gasteiger partial charge in [0.2, 0.25) is 0 Å². The van der Waals surface area contributed by atoms with Gasteiger partial charge in [-0.3, -0.25) is 4.55 Å². The molecule has 0 saturated carbocycles. The molecule has 0 amide bonds. The first-order chi connectivity index (χ1) is 4.11. The molecule has 1 atom stereocenters. The predicted molar refractivity (Wildman–Crippen MR) is 36.7 cm³/mol. The molecule has 1 heterocycles. The number of thioether (sulfide) groups is 1. The highest BCUT2D eigenvalue weighted by atomic mass is 32.3. The van der Waals surface area contributed by atoms with E-state index in [4.69, 9.17) is 4.55 Å². The molecule has 0 aromatic heterocycles. The normalized spacial score (nSPS) is 28.8. The second-order valence-corrected chi connectivity index (χ2v) is 4.86. The van der Waals surface area contributed by atoms with Crippen LogP contribution in [-0.2, 0) is 10.1 Å². The van der Waals surface area contributed by atoms with Crippen LogP contribution in [0.3, 0.4) is 0 Å². The Morgan fingerprint density at radius 3 is 2.56 bits per heavy atom. The molecule has 1 unspecified atom stereocenters. The van der Waals surface area contributed by atoms with Gasteiger partial charge in [-0.2, -0.15) is 8.42 Å². The van der Waals surface area contributed by atoms with Gasteiger partial charge in [-0.25, -0.2) is 0 Å². The summed E-state index contributed by atoms with van der Waals surface area (Å²) in [4.78, 5) is 0. The molecule has 1 fully saturated rings. The van der Waals surface area contributed by atoms with Gasteiger partial charge < -0.3 is 0 Å². The van der Waals surface area contributed by atoms with Crippen LogP contribution in [0.5, 0.6) is 0 Å². The molecule has 1 rings (SSSR count). The Hall–Kier alpha value is 0.260.